The molecule has 0 atom stereocenters. The molecule has 3 N–H and O–H groups in total. The topological polar surface area (TPSA) is 114 Å². The molecular formula is C13H13N3O4S. The maximum absolute atomic E-state index is 12.6. The lowest BCUT2D eigenvalue weighted by atomic mass is 10.2. The van der Waals surface area contributed by atoms with Crippen LogP contribution in [0.5, 0.6) is 0 Å². The second-order valence-corrected chi connectivity index (χ2v) is 6.18. The molecule has 0 saturated heterocycles. The van der Waals surface area contributed by atoms with Crippen LogP contribution in [0, 0.1) is 0 Å². The molecule has 0 spiro atoms. The van der Waals surface area contributed by atoms with E-state index < -0.39 is 16.0 Å². The molecule has 0 aliphatic carbocycles. The monoisotopic (exact) mass is 307 g/mol. The van der Waals surface area contributed by atoms with Crippen LogP contribution in [-0.2, 0) is 10.0 Å². The number of nitrogen functional groups attached to an aromatic ring is 1. The van der Waals surface area contributed by atoms with E-state index in [9.17, 15) is 13.2 Å². The molecule has 0 radical (unpaired) electrons. The fourth-order valence-corrected chi connectivity index (χ4v) is 3.11. The quantitative estimate of drug-likeness (QED) is 0.820. The van der Waals surface area contributed by atoms with Crippen LogP contribution in [0.4, 0.5) is 11.4 Å². The summed E-state index contributed by atoms with van der Waals surface area (Å²) in [6, 6.07) is 6.79. The van der Waals surface area contributed by atoms with Crippen molar-refractivity contribution in [1.82, 2.24) is 4.98 Å². The Balaban J connectivity index is 2.57. The van der Waals surface area contributed by atoms with E-state index in [0.29, 0.717) is 5.69 Å². The van der Waals surface area contributed by atoms with Crippen LogP contribution < -0.4 is 10.0 Å². The van der Waals surface area contributed by atoms with Crippen molar-refractivity contribution < 1.29 is 18.3 Å². The van der Waals surface area contributed by atoms with E-state index in [-0.39, 0.29) is 16.1 Å². The summed E-state index contributed by atoms with van der Waals surface area (Å²) < 4.78 is 26.1. The van der Waals surface area contributed by atoms with Gasteiger partial charge in [0, 0.05) is 18.9 Å². The predicted octanol–water partition coefficient (Wildman–Crippen LogP) is 1.19. The standard InChI is InChI=1S/C13H13N3O4S/c1-16(10-3-2-6-15-8-10)21(19,20)12-5-4-9(14)7-11(12)13(17)18/h2-8H,14H2,1H3,(H,17,18). The minimum Gasteiger partial charge on any atom is -0.478 e. The number of carboxylic acid groups (broad SMARTS) is 1. The van der Waals surface area contributed by atoms with Crippen LogP contribution >= 0.6 is 0 Å². The molecule has 21 heavy (non-hydrogen) atoms. The SMILES string of the molecule is CN(c1cccnc1)S(=O)(=O)c1ccc(N)cc1C(=O)O. The molecule has 0 fully saturated rings. The van der Waals surface area contributed by atoms with Gasteiger partial charge >= 0.3 is 5.97 Å². The molecular weight excluding hydrogens is 294 g/mol. The van der Waals surface area contributed by atoms with Gasteiger partial charge in [-0.1, -0.05) is 0 Å². The molecule has 0 aliphatic heterocycles. The van der Waals surface area contributed by atoms with Gasteiger partial charge in [-0.3, -0.25) is 9.29 Å². The van der Waals surface area contributed by atoms with Crippen molar-refractivity contribution in [3.8, 4) is 0 Å². The average Bonchev–Trinajstić information content (AvgIpc) is 2.47. The van der Waals surface area contributed by atoms with E-state index in [4.69, 9.17) is 10.8 Å². The highest BCUT2D eigenvalue weighted by molar-refractivity contribution is 7.92. The van der Waals surface area contributed by atoms with Gasteiger partial charge in [0.15, 0.2) is 0 Å². The van der Waals surface area contributed by atoms with Crippen LogP contribution in [0.25, 0.3) is 0 Å². The molecule has 0 saturated carbocycles. The molecule has 2 aromatic rings. The first-order valence-corrected chi connectivity index (χ1v) is 7.30. The van der Waals surface area contributed by atoms with Crippen LogP contribution in [0.1, 0.15) is 10.4 Å². The van der Waals surface area contributed by atoms with Crippen LogP contribution in [-0.4, -0.2) is 31.5 Å². The third-order valence-electron chi connectivity index (χ3n) is 2.88. The zero-order valence-corrected chi connectivity index (χ0v) is 11.9. The smallest absolute Gasteiger partial charge is 0.337 e. The Labute approximate surface area is 121 Å². The lowest BCUT2D eigenvalue weighted by molar-refractivity contribution is 0.0692. The summed E-state index contributed by atoms with van der Waals surface area (Å²) >= 11 is 0. The van der Waals surface area contributed by atoms with Crippen LogP contribution in [0.15, 0.2) is 47.6 Å². The molecule has 0 amide bonds. The Morgan fingerprint density at radius 2 is 2.05 bits per heavy atom. The predicted molar refractivity (Wildman–Crippen MR) is 77.6 cm³/mol. The van der Waals surface area contributed by atoms with Crippen molar-refractivity contribution in [1.29, 1.82) is 0 Å². The molecule has 0 aliphatic rings. The maximum atomic E-state index is 12.6. The summed E-state index contributed by atoms with van der Waals surface area (Å²) in [4.78, 5) is 14.7. The van der Waals surface area contributed by atoms with Crippen molar-refractivity contribution in [3.05, 3.63) is 48.3 Å². The number of sulfonamides is 1. The summed E-state index contributed by atoms with van der Waals surface area (Å²) in [5, 5.41) is 9.15. The summed E-state index contributed by atoms with van der Waals surface area (Å²) in [6.45, 7) is 0. The molecule has 0 bridgehead atoms. The van der Waals surface area contributed by atoms with Crippen molar-refractivity contribution >= 4 is 27.4 Å². The molecule has 8 heteroatoms. The molecule has 1 aromatic heterocycles. The number of hydrogen-bond acceptors (Lipinski definition) is 5. The minimum atomic E-state index is -4.03. The molecule has 2 rings (SSSR count). The van der Waals surface area contributed by atoms with E-state index in [1.807, 2.05) is 0 Å². The summed E-state index contributed by atoms with van der Waals surface area (Å²) in [5.41, 5.74) is 5.65. The van der Waals surface area contributed by atoms with Gasteiger partial charge in [-0.05, 0) is 30.3 Å². The van der Waals surface area contributed by atoms with E-state index in [1.54, 1.807) is 12.1 Å². The number of carbonyl (C=O) groups is 1. The fraction of sp³-hybridized carbons (Fsp3) is 0.0769. The number of rotatable bonds is 4. The first-order chi connectivity index (χ1) is 9.84. The summed E-state index contributed by atoms with van der Waals surface area (Å²) in [7, 11) is -2.70. The van der Waals surface area contributed by atoms with E-state index >= 15 is 0 Å². The Bertz CT molecular complexity index is 775. The third-order valence-corrected chi connectivity index (χ3v) is 4.73. The van der Waals surface area contributed by atoms with Crippen molar-refractivity contribution in [3.63, 3.8) is 0 Å². The normalized spacial score (nSPS) is 11.1. The summed E-state index contributed by atoms with van der Waals surface area (Å²) in [6.07, 6.45) is 2.88. The average molecular weight is 307 g/mol. The number of anilines is 2. The van der Waals surface area contributed by atoms with Gasteiger partial charge in [0.25, 0.3) is 10.0 Å². The lowest BCUT2D eigenvalue weighted by Gasteiger charge is -2.20. The molecule has 110 valence electrons. The number of carboxylic acids is 1. The minimum absolute atomic E-state index is 0.176. The molecule has 7 nitrogen and oxygen atoms in total. The third kappa shape index (κ3) is 2.79. The Morgan fingerprint density at radius 3 is 2.62 bits per heavy atom. The number of hydrogen-bond donors (Lipinski definition) is 2. The van der Waals surface area contributed by atoms with Gasteiger partial charge < -0.3 is 10.8 Å². The highest BCUT2D eigenvalue weighted by Crippen LogP contribution is 2.25. The van der Waals surface area contributed by atoms with Crippen molar-refractivity contribution in [2.75, 3.05) is 17.1 Å². The number of nitrogens with two attached hydrogens (primary N) is 1. The highest BCUT2D eigenvalue weighted by atomic mass is 32.2. The highest BCUT2D eigenvalue weighted by Gasteiger charge is 2.27. The van der Waals surface area contributed by atoms with Gasteiger partial charge in [-0.25, -0.2) is 13.2 Å². The van der Waals surface area contributed by atoms with Gasteiger partial charge in [-0.2, -0.15) is 0 Å². The van der Waals surface area contributed by atoms with E-state index in [1.165, 1.54) is 31.6 Å². The van der Waals surface area contributed by atoms with Gasteiger partial charge in [0.2, 0.25) is 0 Å². The van der Waals surface area contributed by atoms with Crippen molar-refractivity contribution in [2.24, 2.45) is 0 Å². The zero-order valence-electron chi connectivity index (χ0n) is 11.1. The van der Waals surface area contributed by atoms with E-state index in [0.717, 1.165) is 10.4 Å². The van der Waals surface area contributed by atoms with Crippen molar-refractivity contribution in [2.45, 2.75) is 4.90 Å². The molecule has 0 unspecified atom stereocenters. The zero-order chi connectivity index (χ0) is 15.6. The van der Waals surface area contributed by atoms with Crippen LogP contribution in [0.3, 0.4) is 0 Å². The molecule has 1 heterocycles. The maximum Gasteiger partial charge on any atom is 0.337 e. The fourth-order valence-electron chi connectivity index (χ4n) is 1.77. The Kier molecular flexibility index (Phi) is 3.81. The first kappa shape index (κ1) is 14.8. The number of aromatic nitrogens is 1. The Morgan fingerprint density at radius 1 is 1.33 bits per heavy atom. The number of nitrogens with zero attached hydrogens (tertiary/aromatic N) is 2. The molecule has 1 aromatic carbocycles. The second kappa shape index (κ2) is 5.41. The largest absolute Gasteiger partial charge is 0.478 e. The van der Waals surface area contributed by atoms with Crippen LogP contribution in [0.2, 0.25) is 0 Å². The van der Waals surface area contributed by atoms with Gasteiger partial charge in [0.1, 0.15) is 4.90 Å². The number of benzene rings is 1. The second-order valence-electron chi connectivity index (χ2n) is 4.24. The summed E-state index contributed by atoms with van der Waals surface area (Å²) in [5.74, 6) is -1.36. The van der Waals surface area contributed by atoms with Gasteiger partial charge in [-0.15, -0.1) is 0 Å². The number of aromatic carboxylic acids is 1. The van der Waals surface area contributed by atoms with E-state index in [2.05, 4.69) is 4.98 Å². The Hall–Kier alpha value is -2.61. The van der Waals surface area contributed by atoms with Gasteiger partial charge in [0.05, 0.1) is 17.4 Å². The number of pyridine rings is 1. The lowest BCUT2D eigenvalue weighted by Crippen LogP contribution is -2.28. The first-order valence-electron chi connectivity index (χ1n) is 5.86.